The number of benzene rings is 1. The predicted octanol–water partition coefficient (Wildman–Crippen LogP) is 7.66. The molecule has 0 aliphatic heterocycles. The highest BCUT2D eigenvalue weighted by atomic mass is 16.5. The van der Waals surface area contributed by atoms with Crippen LogP contribution in [-0.4, -0.2) is 5.97 Å². The molecule has 2 nitrogen and oxygen atoms in total. The van der Waals surface area contributed by atoms with E-state index < -0.39 is 0 Å². The largest absolute Gasteiger partial charge is 0.426 e. The summed E-state index contributed by atoms with van der Waals surface area (Å²) in [6.45, 7) is 4.54. The Kier molecular flexibility index (Phi) is 8.43. The van der Waals surface area contributed by atoms with Crippen LogP contribution in [0.4, 0.5) is 0 Å². The molecule has 0 spiro atoms. The zero-order valence-electron chi connectivity index (χ0n) is 18.1. The molecule has 1 aromatic rings. The molecule has 2 atom stereocenters. The van der Waals surface area contributed by atoms with E-state index in [1.165, 1.54) is 76.2 Å². The Hall–Kier alpha value is -1.31. The lowest BCUT2D eigenvalue weighted by molar-refractivity contribution is -0.138. The minimum Gasteiger partial charge on any atom is -0.426 e. The van der Waals surface area contributed by atoms with Crippen LogP contribution in [0.3, 0.4) is 0 Å². The summed E-state index contributed by atoms with van der Waals surface area (Å²) in [6, 6.07) is 8.41. The summed E-state index contributed by atoms with van der Waals surface area (Å²) in [5.41, 5.74) is 1.42. The molecule has 2 aliphatic rings. The van der Waals surface area contributed by atoms with Crippen molar-refractivity contribution >= 4 is 5.97 Å². The number of hydrogen-bond donors (Lipinski definition) is 0. The molecule has 0 N–H and O–H groups in total. The molecular weight excluding hydrogens is 344 g/mol. The summed E-state index contributed by atoms with van der Waals surface area (Å²) >= 11 is 0. The summed E-state index contributed by atoms with van der Waals surface area (Å²) in [6.07, 6.45) is 16.5. The van der Waals surface area contributed by atoms with Gasteiger partial charge in [-0.15, -0.1) is 0 Å². The van der Waals surface area contributed by atoms with E-state index in [4.69, 9.17) is 4.74 Å². The van der Waals surface area contributed by atoms with Crippen molar-refractivity contribution in [2.24, 2.45) is 17.8 Å². The van der Waals surface area contributed by atoms with Crippen molar-refractivity contribution in [2.45, 2.75) is 103 Å². The van der Waals surface area contributed by atoms with Gasteiger partial charge in [0.25, 0.3) is 0 Å². The van der Waals surface area contributed by atoms with E-state index >= 15 is 0 Å². The van der Waals surface area contributed by atoms with Crippen LogP contribution in [0.5, 0.6) is 5.75 Å². The molecule has 2 heteroatoms. The van der Waals surface area contributed by atoms with Gasteiger partial charge in [-0.2, -0.15) is 0 Å². The van der Waals surface area contributed by atoms with E-state index in [2.05, 4.69) is 26.0 Å². The Bertz CT molecular complexity index is 583. The Labute approximate surface area is 172 Å². The quantitative estimate of drug-likeness (QED) is 0.248. The molecule has 2 fully saturated rings. The van der Waals surface area contributed by atoms with E-state index in [0.29, 0.717) is 5.92 Å². The van der Waals surface area contributed by atoms with E-state index in [-0.39, 0.29) is 11.9 Å². The van der Waals surface area contributed by atoms with Crippen molar-refractivity contribution in [2.75, 3.05) is 0 Å². The lowest BCUT2D eigenvalue weighted by atomic mass is 9.77. The van der Waals surface area contributed by atoms with Crippen LogP contribution in [0.2, 0.25) is 0 Å². The van der Waals surface area contributed by atoms with E-state index in [9.17, 15) is 4.79 Å². The minimum absolute atomic E-state index is 0.00850. The second kappa shape index (κ2) is 11.0. The molecule has 0 aromatic heterocycles. The molecule has 0 saturated heterocycles. The average molecular weight is 385 g/mol. The lowest BCUT2D eigenvalue weighted by Gasteiger charge is -2.28. The Morgan fingerprint density at radius 1 is 0.857 bits per heavy atom. The summed E-state index contributed by atoms with van der Waals surface area (Å²) < 4.78 is 5.72. The van der Waals surface area contributed by atoms with Crippen LogP contribution < -0.4 is 4.74 Å². The Morgan fingerprint density at radius 3 is 2.25 bits per heavy atom. The molecule has 0 unspecified atom stereocenters. The lowest BCUT2D eigenvalue weighted by Crippen LogP contribution is -2.18. The second-order valence-corrected chi connectivity index (χ2v) is 9.37. The molecule has 156 valence electrons. The van der Waals surface area contributed by atoms with Crippen molar-refractivity contribution in [3.05, 3.63) is 29.8 Å². The average Bonchev–Trinajstić information content (AvgIpc) is 3.19. The van der Waals surface area contributed by atoms with Gasteiger partial charge in [-0.25, -0.2) is 0 Å². The van der Waals surface area contributed by atoms with Crippen molar-refractivity contribution in [3.8, 4) is 5.75 Å². The summed E-state index contributed by atoms with van der Waals surface area (Å²) in [5, 5.41) is 0. The summed E-state index contributed by atoms with van der Waals surface area (Å²) in [4.78, 5) is 12.6. The van der Waals surface area contributed by atoms with Crippen LogP contribution in [0.1, 0.15) is 109 Å². The maximum Gasteiger partial charge on any atom is 0.314 e. The highest BCUT2D eigenvalue weighted by molar-refractivity contribution is 5.75. The molecule has 1 aromatic carbocycles. The third kappa shape index (κ3) is 6.09. The predicted molar refractivity (Wildman–Crippen MR) is 117 cm³/mol. The van der Waals surface area contributed by atoms with Gasteiger partial charge in [0.15, 0.2) is 0 Å². The molecule has 2 aliphatic carbocycles. The Balaban J connectivity index is 1.44. The first kappa shape index (κ1) is 21.4. The van der Waals surface area contributed by atoms with Gasteiger partial charge < -0.3 is 4.74 Å². The number of carbonyl (C=O) groups excluding carboxylic acids is 1. The summed E-state index contributed by atoms with van der Waals surface area (Å²) in [5.74, 6) is 3.19. The highest BCUT2D eigenvalue weighted by Crippen LogP contribution is 2.38. The number of unbranched alkanes of at least 4 members (excludes halogenated alkanes) is 2. The van der Waals surface area contributed by atoms with Gasteiger partial charge in [0, 0.05) is 0 Å². The zero-order valence-corrected chi connectivity index (χ0v) is 18.1. The molecule has 0 bridgehead atoms. The van der Waals surface area contributed by atoms with Gasteiger partial charge >= 0.3 is 5.97 Å². The van der Waals surface area contributed by atoms with Gasteiger partial charge in [0.1, 0.15) is 5.75 Å². The molecule has 28 heavy (non-hydrogen) atoms. The van der Waals surface area contributed by atoms with Gasteiger partial charge in [0.2, 0.25) is 0 Å². The fourth-order valence-electron chi connectivity index (χ4n) is 5.43. The van der Waals surface area contributed by atoms with Crippen LogP contribution in [0, 0.1) is 17.8 Å². The van der Waals surface area contributed by atoms with Crippen LogP contribution in [-0.2, 0) is 4.79 Å². The van der Waals surface area contributed by atoms with Crippen molar-refractivity contribution in [1.82, 2.24) is 0 Å². The van der Waals surface area contributed by atoms with Crippen molar-refractivity contribution in [3.63, 3.8) is 0 Å². The summed E-state index contributed by atoms with van der Waals surface area (Å²) in [7, 11) is 0. The number of rotatable bonds is 9. The van der Waals surface area contributed by atoms with Gasteiger partial charge in [-0.05, 0) is 80.4 Å². The maximum absolute atomic E-state index is 12.6. The first-order valence-corrected chi connectivity index (χ1v) is 12.0. The fraction of sp³-hybridized carbons (Fsp3) is 0.731. The van der Waals surface area contributed by atoms with Crippen molar-refractivity contribution in [1.29, 1.82) is 0 Å². The van der Waals surface area contributed by atoms with Gasteiger partial charge in [-0.1, -0.05) is 64.5 Å². The molecule has 3 rings (SSSR count). The van der Waals surface area contributed by atoms with E-state index in [1.807, 2.05) is 12.1 Å². The topological polar surface area (TPSA) is 26.3 Å². The highest BCUT2D eigenvalue weighted by Gasteiger charge is 2.31. The van der Waals surface area contributed by atoms with Gasteiger partial charge in [-0.3, -0.25) is 4.79 Å². The van der Waals surface area contributed by atoms with Crippen LogP contribution in [0.25, 0.3) is 0 Å². The Morgan fingerprint density at radius 2 is 1.57 bits per heavy atom. The second-order valence-electron chi connectivity index (χ2n) is 9.37. The standard InChI is InChI=1S/C26H40O2/c1-3-5-6-8-21-11-14-24(19-21)26(27)28-25-17-15-23(16-18-25)22-12-9-20(7-4-2)10-13-22/h15-18,20-22,24H,3-14,19H2,1-2H3/t20-,21-,22-,24-/m0/s1. The molecule has 0 radical (unpaired) electrons. The molecule has 0 amide bonds. The van der Waals surface area contributed by atoms with E-state index in [0.717, 1.165) is 30.4 Å². The molecular formula is C26H40O2. The first-order valence-electron chi connectivity index (χ1n) is 12.0. The van der Waals surface area contributed by atoms with Gasteiger partial charge in [0.05, 0.1) is 5.92 Å². The number of esters is 1. The normalized spacial score (nSPS) is 27.6. The maximum atomic E-state index is 12.6. The molecule has 2 saturated carbocycles. The third-order valence-electron chi connectivity index (χ3n) is 7.20. The van der Waals surface area contributed by atoms with Crippen LogP contribution >= 0.6 is 0 Å². The third-order valence-corrected chi connectivity index (χ3v) is 7.20. The first-order chi connectivity index (χ1) is 13.7. The van der Waals surface area contributed by atoms with Crippen molar-refractivity contribution < 1.29 is 9.53 Å². The number of carbonyl (C=O) groups is 1. The van der Waals surface area contributed by atoms with Crippen LogP contribution in [0.15, 0.2) is 24.3 Å². The zero-order chi connectivity index (χ0) is 19.8. The number of hydrogen-bond acceptors (Lipinski definition) is 2. The minimum atomic E-state index is -0.00850. The monoisotopic (exact) mass is 384 g/mol. The molecule has 0 heterocycles. The smallest absolute Gasteiger partial charge is 0.314 e. The van der Waals surface area contributed by atoms with E-state index in [1.54, 1.807) is 0 Å². The SMILES string of the molecule is CCCCC[C@H]1CC[C@H](C(=O)Oc2ccc([C@H]3CC[C@H](CCC)CC3)cc2)C1. The number of ether oxygens (including phenoxy) is 1. The fourth-order valence-corrected chi connectivity index (χ4v) is 5.43.